The molecule has 0 saturated carbocycles. The van der Waals surface area contributed by atoms with Crippen molar-refractivity contribution in [2.45, 2.75) is 13.3 Å². The van der Waals surface area contributed by atoms with Gasteiger partial charge in [-0.2, -0.15) is 4.98 Å². The van der Waals surface area contributed by atoms with Crippen molar-refractivity contribution in [3.05, 3.63) is 11.7 Å². The van der Waals surface area contributed by atoms with Crippen molar-refractivity contribution in [2.24, 2.45) is 10.7 Å². The summed E-state index contributed by atoms with van der Waals surface area (Å²) in [5.74, 6) is 1.07. The SMILES string of the molecule is Cc1noc(CCN=C(N)NO)n1. The lowest BCUT2D eigenvalue weighted by atomic mass is 10.4. The van der Waals surface area contributed by atoms with E-state index in [0.29, 0.717) is 24.7 Å². The van der Waals surface area contributed by atoms with Crippen molar-refractivity contribution < 1.29 is 9.73 Å². The molecule has 0 saturated heterocycles. The molecule has 0 aliphatic heterocycles. The predicted octanol–water partition coefficient (Wildman–Crippen LogP) is -0.786. The smallest absolute Gasteiger partial charge is 0.228 e. The van der Waals surface area contributed by atoms with Gasteiger partial charge in [0.25, 0.3) is 0 Å². The molecule has 1 aromatic heterocycles. The minimum Gasteiger partial charge on any atom is -0.368 e. The first kappa shape index (κ1) is 9.46. The molecule has 0 radical (unpaired) electrons. The van der Waals surface area contributed by atoms with Gasteiger partial charge in [-0.05, 0) is 6.92 Å². The maximum absolute atomic E-state index is 8.28. The lowest BCUT2D eigenvalue weighted by Gasteiger charge is -1.94. The van der Waals surface area contributed by atoms with E-state index in [-0.39, 0.29) is 5.96 Å². The largest absolute Gasteiger partial charge is 0.368 e. The Hall–Kier alpha value is -1.63. The van der Waals surface area contributed by atoms with Crippen LogP contribution in [0.2, 0.25) is 0 Å². The highest BCUT2D eigenvalue weighted by molar-refractivity contribution is 5.76. The second kappa shape index (κ2) is 4.41. The number of nitrogens with two attached hydrogens (primary N) is 1. The molecule has 0 fully saturated rings. The third-order valence-corrected chi connectivity index (χ3v) is 1.29. The third kappa shape index (κ3) is 3.08. The summed E-state index contributed by atoms with van der Waals surface area (Å²) in [6.45, 7) is 2.13. The summed E-state index contributed by atoms with van der Waals surface area (Å²) in [4.78, 5) is 7.72. The van der Waals surface area contributed by atoms with Gasteiger partial charge in [-0.1, -0.05) is 5.16 Å². The molecule has 1 aromatic rings. The minimum absolute atomic E-state index is 0.0313. The van der Waals surface area contributed by atoms with Gasteiger partial charge in [-0.3, -0.25) is 10.2 Å². The average molecular weight is 185 g/mol. The number of nitrogens with one attached hydrogen (secondary N) is 1. The summed E-state index contributed by atoms with van der Waals surface area (Å²) in [7, 11) is 0. The molecule has 0 atom stereocenters. The van der Waals surface area contributed by atoms with Crippen LogP contribution in [-0.2, 0) is 6.42 Å². The van der Waals surface area contributed by atoms with Crippen LogP contribution < -0.4 is 11.2 Å². The van der Waals surface area contributed by atoms with Crippen molar-refractivity contribution in [3.63, 3.8) is 0 Å². The Labute approximate surface area is 74.6 Å². The number of hydroxylamine groups is 1. The number of guanidine groups is 1. The lowest BCUT2D eigenvalue weighted by molar-refractivity contribution is 0.232. The van der Waals surface area contributed by atoms with E-state index >= 15 is 0 Å². The summed E-state index contributed by atoms with van der Waals surface area (Å²) < 4.78 is 4.83. The van der Waals surface area contributed by atoms with E-state index in [2.05, 4.69) is 15.1 Å². The molecule has 0 aliphatic rings. The fourth-order valence-corrected chi connectivity index (χ4v) is 0.749. The minimum atomic E-state index is -0.0313. The number of rotatable bonds is 3. The van der Waals surface area contributed by atoms with Gasteiger partial charge in [-0.25, -0.2) is 5.48 Å². The number of hydrogen-bond donors (Lipinski definition) is 3. The Balaban J connectivity index is 2.35. The van der Waals surface area contributed by atoms with Gasteiger partial charge in [0.1, 0.15) is 0 Å². The first-order chi connectivity index (χ1) is 6.22. The summed E-state index contributed by atoms with van der Waals surface area (Å²) in [5.41, 5.74) is 6.88. The predicted molar refractivity (Wildman–Crippen MR) is 44.2 cm³/mol. The van der Waals surface area contributed by atoms with Crippen molar-refractivity contribution in [2.75, 3.05) is 6.54 Å². The van der Waals surface area contributed by atoms with E-state index in [1.54, 1.807) is 12.4 Å². The van der Waals surface area contributed by atoms with Crippen LogP contribution in [0.15, 0.2) is 9.52 Å². The molecule has 72 valence electrons. The lowest BCUT2D eigenvalue weighted by Crippen LogP contribution is -2.28. The Morgan fingerprint density at radius 1 is 1.77 bits per heavy atom. The number of aliphatic imine (C=N–C) groups is 1. The highest BCUT2D eigenvalue weighted by atomic mass is 16.5. The molecule has 0 bridgehead atoms. The van der Waals surface area contributed by atoms with E-state index in [1.165, 1.54) is 0 Å². The molecule has 1 rings (SSSR count). The molecule has 1 heterocycles. The van der Waals surface area contributed by atoms with Crippen LogP contribution in [0.3, 0.4) is 0 Å². The zero-order valence-corrected chi connectivity index (χ0v) is 7.19. The monoisotopic (exact) mass is 185 g/mol. The molecule has 0 amide bonds. The highest BCUT2D eigenvalue weighted by Gasteiger charge is 2.00. The Kier molecular flexibility index (Phi) is 3.21. The number of hydrogen-bond acceptors (Lipinski definition) is 5. The van der Waals surface area contributed by atoms with Crippen molar-refractivity contribution in [3.8, 4) is 0 Å². The number of nitrogens with zero attached hydrogens (tertiary/aromatic N) is 3. The van der Waals surface area contributed by atoms with Crippen LogP contribution in [0.25, 0.3) is 0 Å². The summed E-state index contributed by atoms with van der Waals surface area (Å²) in [6.07, 6.45) is 0.503. The molecule has 0 unspecified atom stereocenters. The van der Waals surface area contributed by atoms with E-state index in [4.69, 9.17) is 15.5 Å². The Morgan fingerprint density at radius 3 is 3.08 bits per heavy atom. The molecular formula is C6H11N5O2. The quantitative estimate of drug-likeness (QED) is 0.323. The maximum Gasteiger partial charge on any atom is 0.228 e. The van der Waals surface area contributed by atoms with Gasteiger partial charge in [-0.15, -0.1) is 0 Å². The van der Waals surface area contributed by atoms with Gasteiger partial charge in [0, 0.05) is 6.42 Å². The zero-order chi connectivity index (χ0) is 9.68. The van der Waals surface area contributed by atoms with Crippen LogP contribution in [0.4, 0.5) is 0 Å². The summed E-state index contributed by atoms with van der Waals surface area (Å²) >= 11 is 0. The number of aryl methyl sites for hydroxylation is 1. The molecule has 13 heavy (non-hydrogen) atoms. The average Bonchev–Trinajstić information content (AvgIpc) is 2.51. The molecule has 0 aliphatic carbocycles. The second-order valence-corrected chi connectivity index (χ2v) is 2.36. The highest BCUT2D eigenvalue weighted by Crippen LogP contribution is 1.96. The van der Waals surface area contributed by atoms with Crippen molar-refractivity contribution >= 4 is 5.96 Å². The van der Waals surface area contributed by atoms with E-state index in [9.17, 15) is 0 Å². The van der Waals surface area contributed by atoms with Gasteiger partial charge >= 0.3 is 0 Å². The first-order valence-electron chi connectivity index (χ1n) is 3.71. The number of aromatic nitrogens is 2. The van der Waals surface area contributed by atoms with Crippen LogP contribution in [0, 0.1) is 6.92 Å². The maximum atomic E-state index is 8.28. The Morgan fingerprint density at radius 2 is 2.54 bits per heavy atom. The standard InChI is InChI=1S/C6H11N5O2/c1-4-9-5(13-11-4)2-3-8-6(7)10-12/h12H,2-3H2,1H3,(H3,7,8,10). The van der Waals surface area contributed by atoms with Gasteiger partial charge in [0.2, 0.25) is 11.9 Å². The fourth-order valence-electron chi connectivity index (χ4n) is 0.749. The molecule has 4 N–H and O–H groups in total. The molecular weight excluding hydrogens is 174 g/mol. The van der Waals surface area contributed by atoms with Crippen LogP contribution in [-0.4, -0.2) is 27.9 Å². The summed E-state index contributed by atoms with van der Waals surface area (Å²) in [6, 6.07) is 0. The van der Waals surface area contributed by atoms with Gasteiger partial charge < -0.3 is 10.3 Å². The van der Waals surface area contributed by atoms with E-state index in [1.807, 2.05) is 0 Å². The molecule has 0 aromatic carbocycles. The van der Waals surface area contributed by atoms with Gasteiger partial charge in [0.05, 0.1) is 6.54 Å². The van der Waals surface area contributed by atoms with Crippen LogP contribution in [0.1, 0.15) is 11.7 Å². The molecule has 7 nitrogen and oxygen atoms in total. The van der Waals surface area contributed by atoms with E-state index in [0.717, 1.165) is 0 Å². The summed E-state index contributed by atoms with van der Waals surface area (Å²) in [5, 5.41) is 11.9. The van der Waals surface area contributed by atoms with Crippen LogP contribution >= 0.6 is 0 Å². The normalized spacial score (nSPS) is 11.7. The topological polar surface area (TPSA) is 110 Å². The van der Waals surface area contributed by atoms with Crippen LogP contribution in [0.5, 0.6) is 0 Å². The fraction of sp³-hybridized carbons (Fsp3) is 0.500. The second-order valence-electron chi connectivity index (χ2n) is 2.36. The zero-order valence-electron chi connectivity index (χ0n) is 7.19. The van der Waals surface area contributed by atoms with E-state index < -0.39 is 0 Å². The van der Waals surface area contributed by atoms with Gasteiger partial charge in [0.15, 0.2) is 5.82 Å². The Bertz CT molecular complexity index is 295. The first-order valence-corrected chi connectivity index (χ1v) is 3.71. The third-order valence-electron chi connectivity index (χ3n) is 1.29. The van der Waals surface area contributed by atoms with Crippen molar-refractivity contribution in [1.82, 2.24) is 15.6 Å². The van der Waals surface area contributed by atoms with Crippen molar-refractivity contribution in [1.29, 1.82) is 0 Å². The molecule has 7 heteroatoms. The molecule has 0 spiro atoms.